The van der Waals surface area contributed by atoms with E-state index in [0.717, 1.165) is 39.1 Å². The highest BCUT2D eigenvalue weighted by atomic mass is 16.5. The van der Waals surface area contributed by atoms with Crippen molar-refractivity contribution in [3.8, 4) is 0 Å². The number of morpholine rings is 1. The SMILES string of the molecule is CN(CC(O)CN1CCOCC1)C(=O)C1CCCCC1. The van der Waals surface area contributed by atoms with E-state index >= 15 is 0 Å². The molecule has 5 heteroatoms. The first kappa shape index (κ1) is 15.7. The predicted octanol–water partition coefficient (Wildman–Crippen LogP) is 0.718. The highest BCUT2D eigenvalue weighted by Crippen LogP contribution is 2.25. The Balaban J connectivity index is 1.71. The van der Waals surface area contributed by atoms with Crippen LogP contribution in [0.5, 0.6) is 0 Å². The van der Waals surface area contributed by atoms with Crippen LogP contribution in [-0.2, 0) is 9.53 Å². The molecule has 0 aromatic heterocycles. The van der Waals surface area contributed by atoms with E-state index in [1.807, 2.05) is 7.05 Å². The largest absolute Gasteiger partial charge is 0.390 e. The summed E-state index contributed by atoms with van der Waals surface area (Å²) >= 11 is 0. The molecule has 0 spiro atoms. The number of β-amino-alcohol motifs (C(OH)–C–C–N with tert-alkyl or cyclic N) is 1. The fraction of sp³-hybridized carbons (Fsp3) is 0.933. The van der Waals surface area contributed by atoms with Crippen molar-refractivity contribution in [1.82, 2.24) is 9.80 Å². The molecular weight excluding hydrogens is 256 g/mol. The number of nitrogens with zero attached hydrogens (tertiary/aromatic N) is 2. The minimum absolute atomic E-state index is 0.185. The molecule has 2 fully saturated rings. The molecule has 2 aliphatic rings. The number of aliphatic hydroxyl groups excluding tert-OH is 1. The maximum Gasteiger partial charge on any atom is 0.225 e. The summed E-state index contributed by atoms with van der Waals surface area (Å²) in [5, 5.41) is 10.1. The fourth-order valence-electron chi connectivity index (χ4n) is 3.21. The van der Waals surface area contributed by atoms with E-state index in [9.17, 15) is 9.90 Å². The van der Waals surface area contributed by atoms with Gasteiger partial charge in [0.15, 0.2) is 0 Å². The zero-order valence-corrected chi connectivity index (χ0v) is 12.6. The summed E-state index contributed by atoms with van der Waals surface area (Å²) in [5.41, 5.74) is 0. The number of rotatable bonds is 5. The second-order valence-corrected chi connectivity index (χ2v) is 6.12. The Labute approximate surface area is 121 Å². The minimum Gasteiger partial charge on any atom is -0.390 e. The molecule has 0 aromatic carbocycles. The Morgan fingerprint density at radius 3 is 2.60 bits per heavy atom. The first-order valence-corrected chi connectivity index (χ1v) is 7.90. The van der Waals surface area contributed by atoms with Gasteiger partial charge in [0.05, 0.1) is 19.3 Å². The summed E-state index contributed by atoms with van der Waals surface area (Å²) < 4.78 is 5.29. The lowest BCUT2D eigenvalue weighted by atomic mass is 9.88. The Kier molecular flexibility index (Phi) is 6.26. The van der Waals surface area contributed by atoms with Crippen LogP contribution < -0.4 is 0 Å². The average Bonchev–Trinajstić information content (AvgIpc) is 2.48. The van der Waals surface area contributed by atoms with Crippen LogP contribution in [0.3, 0.4) is 0 Å². The van der Waals surface area contributed by atoms with Gasteiger partial charge in [0, 0.05) is 39.1 Å². The van der Waals surface area contributed by atoms with Gasteiger partial charge in [-0.25, -0.2) is 0 Å². The Bertz CT molecular complexity index is 299. The van der Waals surface area contributed by atoms with Crippen LogP contribution in [-0.4, -0.2) is 73.4 Å². The van der Waals surface area contributed by atoms with E-state index in [4.69, 9.17) is 4.74 Å². The summed E-state index contributed by atoms with van der Waals surface area (Å²) in [6, 6.07) is 0. The summed E-state index contributed by atoms with van der Waals surface area (Å²) in [4.78, 5) is 16.2. The van der Waals surface area contributed by atoms with Gasteiger partial charge in [-0.05, 0) is 12.8 Å². The molecule has 0 bridgehead atoms. The second kappa shape index (κ2) is 7.96. The van der Waals surface area contributed by atoms with Gasteiger partial charge >= 0.3 is 0 Å². The third-order valence-corrected chi connectivity index (χ3v) is 4.39. The second-order valence-electron chi connectivity index (χ2n) is 6.12. The Morgan fingerprint density at radius 2 is 1.95 bits per heavy atom. The van der Waals surface area contributed by atoms with Crippen LogP contribution in [0, 0.1) is 5.92 Å². The Hall–Kier alpha value is -0.650. The van der Waals surface area contributed by atoms with Crippen molar-refractivity contribution in [3.05, 3.63) is 0 Å². The molecule has 0 radical (unpaired) electrons. The van der Waals surface area contributed by atoms with E-state index in [1.54, 1.807) is 4.90 Å². The van der Waals surface area contributed by atoms with Gasteiger partial charge in [-0.3, -0.25) is 9.69 Å². The topological polar surface area (TPSA) is 53.0 Å². The van der Waals surface area contributed by atoms with Crippen molar-refractivity contribution in [1.29, 1.82) is 0 Å². The molecule has 20 heavy (non-hydrogen) atoms. The predicted molar refractivity (Wildman–Crippen MR) is 77.5 cm³/mol. The average molecular weight is 284 g/mol. The minimum atomic E-state index is -0.467. The number of likely N-dealkylation sites (N-methyl/N-ethyl adjacent to an activating group) is 1. The van der Waals surface area contributed by atoms with Crippen molar-refractivity contribution in [2.24, 2.45) is 5.92 Å². The maximum atomic E-state index is 12.3. The summed E-state index contributed by atoms with van der Waals surface area (Å²) in [7, 11) is 1.82. The van der Waals surface area contributed by atoms with E-state index in [0.29, 0.717) is 13.1 Å². The van der Waals surface area contributed by atoms with Gasteiger partial charge in [-0.1, -0.05) is 19.3 Å². The highest BCUT2D eigenvalue weighted by molar-refractivity contribution is 5.78. The number of carbonyl (C=O) groups excluding carboxylic acids is 1. The van der Waals surface area contributed by atoms with Crippen LogP contribution in [0.25, 0.3) is 0 Å². The van der Waals surface area contributed by atoms with Crippen LogP contribution in [0.4, 0.5) is 0 Å². The zero-order chi connectivity index (χ0) is 14.4. The molecule has 1 heterocycles. The fourth-order valence-corrected chi connectivity index (χ4v) is 3.21. The molecule has 1 aliphatic heterocycles. The monoisotopic (exact) mass is 284 g/mol. The lowest BCUT2D eigenvalue weighted by molar-refractivity contribution is -0.136. The van der Waals surface area contributed by atoms with Crippen molar-refractivity contribution >= 4 is 5.91 Å². The lowest BCUT2D eigenvalue weighted by Gasteiger charge is -2.31. The van der Waals surface area contributed by atoms with Gasteiger partial charge in [-0.15, -0.1) is 0 Å². The smallest absolute Gasteiger partial charge is 0.225 e. The first-order chi connectivity index (χ1) is 9.66. The van der Waals surface area contributed by atoms with Crippen LogP contribution in [0.1, 0.15) is 32.1 Å². The van der Waals surface area contributed by atoms with Crippen LogP contribution in [0.2, 0.25) is 0 Å². The van der Waals surface area contributed by atoms with E-state index in [1.165, 1.54) is 19.3 Å². The van der Waals surface area contributed by atoms with Crippen molar-refractivity contribution < 1.29 is 14.6 Å². The number of aliphatic hydroxyl groups is 1. The van der Waals surface area contributed by atoms with Crippen molar-refractivity contribution in [2.75, 3.05) is 46.4 Å². The molecule has 1 amide bonds. The van der Waals surface area contributed by atoms with Crippen LogP contribution in [0.15, 0.2) is 0 Å². The molecule has 2 rings (SSSR count). The van der Waals surface area contributed by atoms with Gasteiger partial charge in [0.25, 0.3) is 0 Å². The first-order valence-electron chi connectivity index (χ1n) is 7.90. The van der Waals surface area contributed by atoms with Gasteiger partial charge < -0.3 is 14.7 Å². The maximum absolute atomic E-state index is 12.3. The summed E-state index contributed by atoms with van der Waals surface area (Å²) in [6.07, 6.45) is 5.16. The molecule has 1 unspecified atom stereocenters. The third kappa shape index (κ3) is 4.72. The molecule has 1 aliphatic carbocycles. The molecule has 116 valence electrons. The molecule has 1 saturated carbocycles. The summed E-state index contributed by atoms with van der Waals surface area (Å²) in [6.45, 7) is 4.29. The van der Waals surface area contributed by atoms with Crippen molar-refractivity contribution in [3.63, 3.8) is 0 Å². The third-order valence-electron chi connectivity index (χ3n) is 4.39. The lowest BCUT2D eigenvalue weighted by Crippen LogP contribution is -2.46. The molecular formula is C15H28N2O3. The van der Waals surface area contributed by atoms with E-state index < -0.39 is 6.10 Å². The van der Waals surface area contributed by atoms with E-state index in [-0.39, 0.29) is 11.8 Å². The molecule has 1 saturated heterocycles. The number of hydrogen-bond donors (Lipinski definition) is 1. The quantitative estimate of drug-likeness (QED) is 0.808. The number of ether oxygens (including phenoxy) is 1. The Morgan fingerprint density at radius 1 is 1.30 bits per heavy atom. The molecule has 0 aromatic rings. The molecule has 1 atom stereocenters. The van der Waals surface area contributed by atoms with Gasteiger partial charge in [0.2, 0.25) is 5.91 Å². The number of amides is 1. The van der Waals surface area contributed by atoms with Crippen LogP contribution >= 0.6 is 0 Å². The van der Waals surface area contributed by atoms with Gasteiger partial charge in [-0.2, -0.15) is 0 Å². The van der Waals surface area contributed by atoms with E-state index in [2.05, 4.69) is 4.90 Å². The number of hydrogen-bond acceptors (Lipinski definition) is 4. The standard InChI is InChI=1S/C15H28N2O3/c1-16(15(19)13-5-3-2-4-6-13)11-14(18)12-17-7-9-20-10-8-17/h13-14,18H,2-12H2,1H3. The number of carbonyl (C=O) groups is 1. The highest BCUT2D eigenvalue weighted by Gasteiger charge is 2.25. The molecule has 1 N–H and O–H groups in total. The molecule has 5 nitrogen and oxygen atoms in total. The summed E-state index contributed by atoms with van der Waals surface area (Å²) in [5.74, 6) is 0.398. The zero-order valence-electron chi connectivity index (χ0n) is 12.6. The van der Waals surface area contributed by atoms with Crippen molar-refractivity contribution in [2.45, 2.75) is 38.2 Å². The van der Waals surface area contributed by atoms with Gasteiger partial charge in [0.1, 0.15) is 0 Å². The normalized spacial score (nSPS) is 23.5.